The number of halogens is 3. The van der Waals surface area contributed by atoms with Crippen LogP contribution >= 0.6 is 39.1 Å². The van der Waals surface area contributed by atoms with Crippen LogP contribution in [0, 0.1) is 6.92 Å². The van der Waals surface area contributed by atoms with Gasteiger partial charge in [0.25, 0.3) is 0 Å². The first kappa shape index (κ1) is 15.5. The highest BCUT2D eigenvalue weighted by atomic mass is 79.9. The number of hydrogen-bond acceptors (Lipinski definition) is 2. The van der Waals surface area contributed by atoms with Gasteiger partial charge in [-0.05, 0) is 48.0 Å². The lowest BCUT2D eigenvalue weighted by Crippen LogP contribution is -2.07. The average Bonchev–Trinajstić information content (AvgIpc) is 2.42. The molecule has 2 rings (SSSR count). The molecule has 0 radical (unpaired) electrons. The molecule has 2 aromatic carbocycles. The van der Waals surface area contributed by atoms with E-state index in [1.807, 2.05) is 38.1 Å². The number of hydrogen-bond donors (Lipinski definition) is 2. The molecule has 1 unspecified atom stereocenters. The molecule has 0 aliphatic carbocycles. The summed E-state index contributed by atoms with van der Waals surface area (Å²) < 4.78 is 0.751. The SMILES string of the molecule is Cc1ccc(O)c(C(C)Nc2ccc(Br)c(Cl)c2Cl)c1. The van der Waals surface area contributed by atoms with E-state index >= 15 is 0 Å². The van der Waals surface area contributed by atoms with Gasteiger partial charge < -0.3 is 10.4 Å². The smallest absolute Gasteiger partial charge is 0.120 e. The lowest BCUT2D eigenvalue weighted by molar-refractivity contribution is 0.465. The van der Waals surface area contributed by atoms with Crippen molar-refractivity contribution in [2.75, 3.05) is 5.32 Å². The first-order valence-electron chi connectivity index (χ1n) is 6.09. The molecular formula is C15H14BrCl2NO. The highest BCUT2D eigenvalue weighted by molar-refractivity contribution is 9.10. The summed E-state index contributed by atoms with van der Waals surface area (Å²) in [5.74, 6) is 0.259. The fourth-order valence-electron chi connectivity index (χ4n) is 1.97. The minimum absolute atomic E-state index is 0.0929. The lowest BCUT2D eigenvalue weighted by Gasteiger charge is -2.19. The molecule has 0 aliphatic rings. The molecule has 0 heterocycles. The Hall–Kier alpha value is -0.900. The molecule has 5 heteroatoms. The van der Waals surface area contributed by atoms with Gasteiger partial charge in [0.15, 0.2) is 0 Å². The zero-order valence-corrected chi connectivity index (χ0v) is 14.1. The normalized spacial score (nSPS) is 12.2. The monoisotopic (exact) mass is 373 g/mol. The summed E-state index contributed by atoms with van der Waals surface area (Å²) in [6, 6.07) is 9.10. The summed E-state index contributed by atoms with van der Waals surface area (Å²) in [6.07, 6.45) is 0. The van der Waals surface area contributed by atoms with Gasteiger partial charge in [-0.2, -0.15) is 0 Å². The van der Waals surface area contributed by atoms with Gasteiger partial charge in [-0.1, -0.05) is 40.9 Å². The first-order chi connectivity index (χ1) is 9.40. The summed E-state index contributed by atoms with van der Waals surface area (Å²) >= 11 is 15.6. The van der Waals surface area contributed by atoms with Gasteiger partial charge in [0, 0.05) is 10.0 Å². The number of aromatic hydroxyl groups is 1. The van der Waals surface area contributed by atoms with Crippen LogP contribution < -0.4 is 5.32 Å². The van der Waals surface area contributed by atoms with Crippen LogP contribution in [0.1, 0.15) is 24.1 Å². The van der Waals surface area contributed by atoms with E-state index in [2.05, 4.69) is 21.2 Å². The van der Waals surface area contributed by atoms with Crippen LogP contribution in [0.4, 0.5) is 5.69 Å². The van der Waals surface area contributed by atoms with Crippen molar-refractivity contribution >= 4 is 44.8 Å². The van der Waals surface area contributed by atoms with Crippen molar-refractivity contribution in [3.05, 3.63) is 56.0 Å². The summed E-state index contributed by atoms with van der Waals surface area (Å²) in [5, 5.41) is 14.1. The third kappa shape index (κ3) is 3.22. The third-order valence-electron chi connectivity index (χ3n) is 3.06. The van der Waals surface area contributed by atoms with Crippen molar-refractivity contribution in [2.24, 2.45) is 0 Å². The molecule has 0 saturated carbocycles. The predicted molar refractivity (Wildman–Crippen MR) is 89.0 cm³/mol. The topological polar surface area (TPSA) is 32.3 Å². The second-order valence-electron chi connectivity index (χ2n) is 4.65. The Morgan fingerprint density at radius 2 is 1.85 bits per heavy atom. The van der Waals surface area contributed by atoms with Crippen molar-refractivity contribution in [2.45, 2.75) is 19.9 Å². The molecule has 2 N–H and O–H groups in total. The number of nitrogens with one attached hydrogen (secondary N) is 1. The molecule has 106 valence electrons. The highest BCUT2D eigenvalue weighted by Crippen LogP contribution is 2.38. The van der Waals surface area contributed by atoms with Gasteiger partial charge in [-0.15, -0.1) is 0 Å². The molecule has 20 heavy (non-hydrogen) atoms. The molecule has 0 spiro atoms. The summed E-state index contributed by atoms with van der Waals surface area (Å²) in [4.78, 5) is 0. The van der Waals surface area contributed by atoms with Gasteiger partial charge in [-0.25, -0.2) is 0 Å². The zero-order valence-electron chi connectivity index (χ0n) is 11.0. The van der Waals surface area contributed by atoms with E-state index in [9.17, 15) is 5.11 Å². The Labute approximate surface area is 136 Å². The van der Waals surface area contributed by atoms with E-state index < -0.39 is 0 Å². The summed E-state index contributed by atoms with van der Waals surface area (Å²) in [5.41, 5.74) is 2.64. The first-order valence-corrected chi connectivity index (χ1v) is 7.64. The summed E-state index contributed by atoms with van der Waals surface area (Å²) in [7, 11) is 0. The number of phenolic OH excluding ortho intramolecular Hbond substituents is 1. The molecule has 0 bridgehead atoms. The maximum absolute atomic E-state index is 9.94. The zero-order chi connectivity index (χ0) is 14.9. The van der Waals surface area contributed by atoms with Gasteiger partial charge in [0.05, 0.1) is 21.8 Å². The van der Waals surface area contributed by atoms with E-state index in [-0.39, 0.29) is 11.8 Å². The van der Waals surface area contributed by atoms with Crippen LogP contribution in [0.2, 0.25) is 10.0 Å². The van der Waals surface area contributed by atoms with Crippen molar-refractivity contribution < 1.29 is 5.11 Å². The van der Waals surface area contributed by atoms with Crippen LogP contribution in [-0.4, -0.2) is 5.11 Å². The van der Waals surface area contributed by atoms with Crippen LogP contribution in [0.15, 0.2) is 34.8 Å². The van der Waals surface area contributed by atoms with Crippen molar-refractivity contribution in [1.29, 1.82) is 0 Å². The number of benzene rings is 2. The number of phenols is 1. The Bertz CT molecular complexity index is 646. The van der Waals surface area contributed by atoms with E-state index in [0.717, 1.165) is 21.3 Å². The van der Waals surface area contributed by atoms with Gasteiger partial charge in [0.2, 0.25) is 0 Å². The standard InChI is InChI=1S/C15H14BrCl2NO/c1-8-3-6-13(20)10(7-8)9(2)19-12-5-4-11(16)14(17)15(12)18/h3-7,9,19-20H,1-2H3. The Morgan fingerprint density at radius 1 is 1.15 bits per heavy atom. The quantitative estimate of drug-likeness (QED) is 0.651. The Morgan fingerprint density at radius 3 is 2.55 bits per heavy atom. The lowest BCUT2D eigenvalue weighted by atomic mass is 10.0. The molecule has 0 fully saturated rings. The second kappa shape index (κ2) is 6.25. The maximum atomic E-state index is 9.94. The molecule has 2 nitrogen and oxygen atoms in total. The molecular weight excluding hydrogens is 361 g/mol. The fourth-order valence-corrected chi connectivity index (χ4v) is 2.80. The van der Waals surface area contributed by atoms with E-state index in [1.165, 1.54) is 0 Å². The Kier molecular flexibility index (Phi) is 4.84. The minimum Gasteiger partial charge on any atom is -0.508 e. The third-order valence-corrected chi connectivity index (χ3v) is 4.83. The largest absolute Gasteiger partial charge is 0.508 e. The molecule has 0 aromatic heterocycles. The van der Waals surface area contributed by atoms with Gasteiger partial charge in [-0.3, -0.25) is 0 Å². The maximum Gasteiger partial charge on any atom is 0.120 e. The average molecular weight is 375 g/mol. The fraction of sp³-hybridized carbons (Fsp3) is 0.200. The Balaban J connectivity index is 2.30. The molecule has 0 amide bonds. The van der Waals surface area contributed by atoms with Crippen molar-refractivity contribution in [3.8, 4) is 5.75 Å². The van der Waals surface area contributed by atoms with E-state index in [1.54, 1.807) is 6.07 Å². The number of anilines is 1. The molecule has 2 aromatic rings. The van der Waals surface area contributed by atoms with Crippen molar-refractivity contribution in [1.82, 2.24) is 0 Å². The highest BCUT2D eigenvalue weighted by Gasteiger charge is 2.14. The van der Waals surface area contributed by atoms with Gasteiger partial charge >= 0.3 is 0 Å². The van der Waals surface area contributed by atoms with Crippen LogP contribution in [0.25, 0.3) is 0 Å². The van der Waals surface area contributed by atoms with Crippen molar-refractivity contribution in [3.63, 3.8) is 0 Å². The number of rotatable bonds is 3. The molecule has 0 saturated heterocycles. The molecule has 0 aliphatic heterocycles. The predicted octanol–water partition coefficient (Wildman–Crippen LogP) is 5.94. The molecule has 1 atom stereocenters. The minimum atomic E-state index is -0.0929. The van der Waals surface area contributed by atoms with Crippen LogP contribution in [0.3, 0.4) is 0 Å². The second-order valence-corrected chi connectivity index (χ2v) is 6.26. The van der Waals surface area contributed by atoms with E-state index in [4.69, 9.17) is 23.2 Å². The summed E-state index contributed by atoms with van der Waals surface area (Å²) in [6.45, 7) is 3.94. The number of aryl methyl sites for hydroxylation is 1. The van der Waals surface area contributed by atoms with Crippen LogP contribution in [0.5, 0.6) is 5.75 Å². The van der Waals surface area contributed by atoms with Crippen LogP contribution in [-0.2, 0) is 0 Å². The van der Waals surface area contributed by atoms with E-state index in [0.29, 0.717) is 10.0 Å². The van der Waals surface area contributed by atoms with Gasteiger partial charge in [0.1, 0.15) is 5.75 Å².